The number of nitrogens with zero attached hydrogens (tertiary/aromatic N) is 2. The van der Waals surface area contributed by atoms with Gasteiger partial charge >= 0.3 is 0 Å². The summed E-state index contributed by atoms with van der Waals surface area (Å²) in [4.78, 5) is 28.2. The average Bonchev–Trinajstić information content (AvgIpc) is 2.96. The molecule has 1 atom stereocenters. The number of rotatable bonds is 14. The van der Waals surface area contributed by atoms with Crippen LogP contribution in [-0.2, 0) is 26.2 Å². The molecule has 0 spiro atoms. The molecular formula is C31H38FN3O5S. The number of aryl methyl sites for hydroxylation is 1. The van der Waals surface area contributed by atoms with Crippen LogP contribution in [0.25, 0.3) is 0 Å². The first-order chi connectivity index (χ1) is 19.6. The van der Waals surface area contributed by atoms with Crippen LogP contribution < -0.4 is 14.4 Å². The largest absolute Gasteiger partial charge is 0.494 e. The summed E-state index contributed by atoms with van der Waals surface area (Å²) in [5.41, 5.74) is 1.83. The van der Waals surface area contributed by atoms with E-state index in [0.29, 0.717) is 30.2 Å². The summed E-state index contributed by atoms with van der Waals surface area (Å²) >= 11 is 0. The number of carbonyl (C=O) groups excluding carboxylic acids is 2. The van der Waals surface area contributed by atoms with Gasteiger partial charge in [0, 0.05) is 13.1 Å². The molecule has 220 valence electrons. The van der Waals surface area contributed by atoms with E-state index < -0.39 is 34.3 Å². The first-order valence-electron chi connectivity index (χ1n) is 13.7. The number of unbranched alkanes of at least 4 members (excludes halogenated alkanes) is 1. The van der Waals surface area contributed by atoms with Gasteiger partial charge in [0.15, 0.2) is 0 Å². The second-order valence-electron chi connectivity index (χ2n) is 9.72. The van der Waals surface area contributed by atoms with Crippen molar-refractivity contribution in [2.24, 2.45) is 0 Å². The van der Waals surface area contributed by atoms with E-state index in [9.17, 15) is 22.4 Å². The molecule has 0 heterocycles. The Morgan fingerprint density at radius 3 is 2.17 bits per heavy atom. The van der Waals surface area contributed by atoms with Gasteiger partial charge in [-0.3, -0.25) is 13.9 Å². The molecular weight excluding hydrogens is 545 g/mol. The molecule has 3 aromatic rings. The average molecular weight is 584 g/mol. The van der Waals surface area contributed by atoms with Gasteiger partial charge in [-0.25, -0.2) is 12.8 Å². The molecule has 8 nitrogen and oxygen atoms in total. The monoisotopic (exact) mass is 583 g/mol. The van der Waals surface area contributed by atoms with E-state index in [1.54, 1.807) is 43.3 Å². The zero-order valence-electron chi connectivity index (χ0n) is 24.0. The highest BCUT2D eigenvalue weighted by molar-refractivity contribution is 7.92. The van der Waals surface area contributed by atoms with Gasteiger partial charge in [0.25, 0.3) is 10.0 Å². The third-order valence-electron chi connectivity index (χ3n) is 6.59. The molecule has 2 amide bonds. The van der Waals surface area contributed by atoms with Gasteiger partial charge in [-0.2, -0.15) is 0 Å². The van der Waals surface area contributed by atoms with Crippen LogP contribution in [0.4, 0.5) is 10.1 Å². The predicted octanol–water partition coefficient (Wildman–Crippen LogP) is 5.06. The highest BCUT2D eigenvalue weighted by Crippen LogP contribution is 2.26. The summed E-state index contributed by atoms with van der Waals surface area (Å²) in [6.45, 7) is 7.65. The van der Waals surface area contributed by atoms with Crippen LogP contribution in [0.1, 0.15) is 44.7 Å². The molecule has 0 saturated carbocycles. The van der Waals surface area contributed by atoms with Crippen molar-refractivity contribution < 1.29 is 27.1 Å². The van der Waals surface area contributed by atoms with Gasteiger partial charge in [0.2, 0.25) is 11.8 Å². The zero-order chi connectivity index (χ0) is 30.0. The molecule has 0 aliphatic carbocycles. The molecule has 0 unspecified atom stereocenters. The van der Waals surface area contributed by atoms with Crippen molar-refractivity contribution in [3.8, 4) is 5.75 Å². The number of hydrogen-bond donors (Lipinski definition) is 1. The van der Waals surface area contributed by atoms with Crippen molar-refractivity contribution in [2.75, 3.05) is 24.0 Å². The Morgan fingerprint density at radius 1 is 0.951 bits per heavy atom. The Morgan fingerprint density at radius 2 is 1.59 bits per heavy atom. The van der Waals surface area contributed by atoms with Gasteiger partial charge in [-0.05, 0) is 81.3 Å². The lowest BCUT2D eigenvalue weighted by Gasteiger charge is -2.32. The minimum absolute atomic E-state index is 0.00762. The number of sulfonamides is 1. The van der Waals surface area contributed by atoms with Crippen LogP contribution >= 0.6 is 0 Å². The highest BCUT2D eigenvalue weighted by atomic mass is 32.2. The van der Waals surface area contributed by atoms with Gasteiger partial charge < -0.3 is 15.0 Å². The van der Waals surface area contributed by atoms with E-state index in [1.165, 1.54) is 41.3 Å². The summed E-state index contributed by atoms with van der Waals surface area (Å²) in [5, 5.41) is 2.84. The van der Waals surface area contributed by atoms with Crippen molar-refractivity contribution in [2.45, 2.75) is 58.0 Å². The standard InChI is InChI=1S/C31H38FN3O5S/c1-5-7-20-33-31(37)24(4)34(21-25-10-12-26(32)13-11-25)30(36)22-35(27-14-8-23(3)9-15-27)41(38,39)29-18-16-28(17-19-29)40-6-2/h8-19,24H,5-7,20-22H2,1-4H3,(H,33,37)/t24-/m1/s1. The SMILES string of the molecule is CCCCNC(=O)[C@@H](C)N(Cc1ccc(F)cc1)C(=O)CN(c1ccc(C)cc1)S(=O)(=O)c1ccc(OCC)cc1. The number of nitrogens with one attached hydrogen (secondary N) is 1. The van der Waals surface area contributed by atoms with Crippen molar-refractivity contribution >= 4 is 27.5 Å². The van der Waals surface area contributed by atoms with Crippen molar-refractivity contribution in [1.29, 1.82) is 0 Å². The van der Waals surface area contributed by atoms with Crippen LogP contribution in [0, 0.1) is 12.7 Å². The first-order valence-corrected chi connectivity index (χ1v) is 15.1. The molecule has 3 rings (SSSR count). The minimum Gasteiger partial charge on any atom is -0.494 e. The minimum atomic E-state index is -4.19. The second-order valence-corrected chi connectivity index (χ2v) is 11.6. The summed E-state index contributed by atoms with van der Waals surface area (Å²) in [7, 11) is -4.19. The van der Waals surface area contributed by atoms with Crippen molar-refractivity contribution in [3.05, 3.63) is 89.7 Å². The number of anilines is 1. The van der Waals surface area contributed by atoms with Crippen LogP contribution in [0.3, 0.4) is 0 Å². The Labute approximate surface area is 242 Å². The van der Waals surface area contributed by atoms with Gasteiger partial charge in [0.05, 0.1) is 17.2 Å². The summed E-state index contributed by atoms with van der Waals surface area (Å²) in [6.07, 6.45) is 1.67. The molecule has 0 bridgehead atoms. The lowest BCUT2D eigenvalue weighted by molar-refractivity contribution is -0.139. The van der Waals surface area contributed by atoms with E-state index in [-0.39, 0.29) is 17.3 Å². The van der Waals surface area contributed by atoms with E-state index in [2.05, 4.69) is 5.32 Å². The van der Waals surface area contributed by atoms with Crippen molar-refractivity contribution in [3.63, 3.8) is 0 Å². The predicted molar refractivity (Wildman–Crippen MR) is 158 cm³/mol. The fourth-order valence-corrected chi connectivity index (χ4v) is 5.56. The van der Waals surface area contributed by atoms with Crippen LogP contribution in [0.15, 0.2) is 77.7 Å². The lowest BCUT2D eigenvalue weighted by atomic mass is 10.1. The third kappa shape index (κ3) is 8.53. The molecule has 0 aliphatic heterocycles. The van der Waals surface area contributed by atoms with E-state index in [0.717, 1.165) is 22.7 Å². The zero-order valence-corrected chi connectivity index (χ0v) is 24.8. The second kappa shape index (κ2) is 14.6. The molecule has 0 aliphatic rings. The maximum atomic E-state index is 13.9. The lowest BCUT2D eigenvalue weighted by Crippen LogP contribution is -2.51. The number of amides is 2. The fraction of sp³-hybridized carbons (Fsp3) is 0.355. The molecule has 0 radical (unpaired) electrons. The van der Waals surface area contributed by atoms with Crippen LogP contribution in [-0.4, -0.2) is 50.9 Å². The van der Waals surface area contributed by atoms with E-state index >= 15 is 0 Å². The molecule has 0 fully saturated rings. The molecule has 3 aromatic carbocycles. The molecule has 1 N–H and O–H groups in total. The maximum Gasteiger partial charge on any atom is 0.264 e. The summed E-state index contributed by atoms with van der Waals surface area (Å²) < 4.78 is 47.9. The molecule has 0 aromatic heterocycles. The quantitative estimate of drug-likeness (QED) is 0.268. The number of hydrogen-bond acceptors (Lipinski definition) is 5. The Hall–Kier alpha value is -3.92. The van der Waals surface area contributed by atoms with Gasteiger partial charge in [-0.1, -0.05) is 43.2 Å². The number of carbonyl (C=O) groups is 2. The first kappa shape index (κ1) is 31.6. The molecule has 0 saturated heterocycles. The van der Waals surface area contributed by atoms with Crippen LogP contribution in [0.2, 0.25) is 0 Å². The Kier molecular flexibility index (Phi) is 11.3. The highest BCUT2D eigenvalue weighted by Gasteiger charge is 2.32. The molecule has 41 heavy (non-hydrogen) atoms. The van der Waals surface area contributed by atoms with Gasteiger partial charge in [0.1, 0.15) is 24.2 Å². The van der Waals surface area contributed by atoms with E-state index in [4.69, 9.17) is 4.74 Å². The number of halogens is 1. The number of ether oxygens (including phenoxy) is 1. The third-order valence-corrected chi connectivity index (χ3v) is 8.37. The van der Waals surface area contributed by atoms with Gasteiger partial charge in [-0.15, -0.1) is 0 Å². The summed E-state index contributed by atoms with van der Waals surface area (Å²) in [6, 6.07) is 17.5. The normalized spacial score (nSPS) is 11.9. The van der Waals surface area contributed by atoms with Crippen LogP contribution in [0.5, 0.6) is 5.75 Å². The molecule has 10 heteroatoms. The fourth-order valence-electron chi connectivity index (χ4n) is 4.15. The smallest absolute Gasteiger partial charge is 0.264 e. The maximum absolute atomic E-state index is 13.9. The topological polar surface area (TPSA) is 96.0 Å². The number of benzene rings is 3. The van der Waals surface area contributed by atoms with Crippen molar-refractivity contribution in [1.82, 2.24) is 10.2 Å². The van der Waals surface area contributed by atoms with E-state index in [1.807, 2.05) is 20.8 Å². The Bertz CT molecular complexity index is 1400. The Balaban J connectivity index is 1.98. The summed E-state index contributed by atoms with van der Waals surface area (Å²) in [5.74, 6) is -0.838.